The maximum atomic E-state index is 11.4. The van der Waals surface area contributed by atoms with E-state index in [0.29, 0.717) is 5.41 Å². The molecule has 0 unspecified atom stereocenters. The third-order valence-corrected chi connectivity index (χ3v) is 6.39. The summed E-state index contributed by atoms with van der Waals surface area (Å²) in [5, 5.41) is 3.57. The highest BCUT2D eigenvalue weighted by Crippen LogP contribution is 2.43. The maximum Gasteiger partial charge on any atom is 0.219 e. The Morgan fingerprint density at radius 3 is 2.31 bits per heavy atom. The Morgan fingerprint density at radius 2 is 1.69 bits per heavy atom. The van der Waals surface area contributed by atoms with E-state index >= 15 is 0 Å². The molecule has 3 rings (SSSR count). The number of hydrogen-bond donors (Lipinski definition) is 1. The largest absolute Gasteiger partial charge is 0.355 e. The summed E-state index contributed by atoms with van der Waals surface area (Å²) in [5.74, 6) is 1.27. The van der Waals surface area contributed by atoms with Crippen LogP contribution in [0.5, 0.6) is 0 Å². The van der Waals surface area contributed by atoms with Gasteiger partial charge in [-0.2, -0.15) is 0 Å². The van der Waals surface area contributed by atoms with Gasteiger partial charge >= 0.3 is 0 Å². The summed E-state index contributed by atoms with van der Waals surface area (Å²) < 4.78 is 0. The minimum Gasteiger partial charge on any atom is -0.355 e. The molecule has 0 radical (unpaired) electrons. The number of aliphatic imine (C=N–C) groups is 1. The van der Waals surface area contributed by atoms with Gasteiger partial charge in [0, 0.05) is 66.3 Å². The van der Waals surface area contributed by atoms with Crippen molar-refractivity contribution in [2.24, 2.45) is 10.4 Å². The average Bonchev–Trinajstić information content (AvgIpc) is 3.03. The van der Waals surface area contributed by atoms with E-state index in [1.807, 2.05) is 11.9 Å². The van der Waals surface area contributed by atoms with Gasteiger partial charge in [-0.05, 0) is 24.7 Å². The second kappa shape index (κ2) is 10.1. The van der Waals surface area contributed by atoms with Crippen LogP contribution < -0.4 is 5.32 Å². The molecule has 7 heteroatoms. The molecule has 2 heterocycles. The summed E-state index contributed by atoms with van der Waals surface area (Å²) in [4.78, 5) is 22.8. The Balaban J connectivity index is 0.00000243. The maximum absolute atomic E-state index is 11.4. The molecule has 0 aromatic heterocycles. The Labute approximate surface area is 175 Å². The number of amides is 1. The highest BCUT2D eigenvalue weighted by Gasteiger charge is 2.39. The van der Waals surface area contributed by atoms with Gasteiger partial charge in [-0.1, -0.05) is 19.3 Å². The third kappa shape index (κ3) is 5.47. The molecule has 1 N–H and O–H groups in total. The van der Waals surface area contributed by atoms with Crippen molar-refractivity contribution >= 4 is 35.8 Å². The molecular formula is C19H36IN5O. The Bertz CT molecular complexity index is 484. The lowest BCUT2D eigenvalue weighted by Crippen LogP contribution is -2.50. The van der Waals surface area contributed by atoms with Crippen molar-refractivity contribution < 1.29 is 4.79 Å². The average molecular weight is 477 g/mol. The molecule has 1 amide bonds. The predicted octanol–water partition coefficient (Wildman–Crippen LogP) is 2.00. The number of hydrogen-bond acceptors (Lipinski definition) is 3. The lowest BCUT2D eigenvalue weighted by Gasteiger charge is -2.35. The topological polar surface area (TPSA) is 51.2 Å². The van der Waals surface area contributed by atoms with Crippen LogP contribution in [0.2, 0.25) is 0 Å². The zero-order chi connectivity index (χ0) is 17.7. The molecule has 0 aromatic rings. The number of rotatable bonds is 3. The van der Waals surface area contributed by atoms with E-state index in [9.17, 15) is 4.79 Å². The van der Waals surface area contributed by atoms with Crippen LogP contribution in [0.3, 0.4) is 0 Å². The first-order valence-electron chi connectivity index (χ1n) is 10.1. The van der Waals surface area contributed by atoms with Crippen molar-refractivity contribution in [2.75, 3.05) is 59.4 Å². The summed E-state index contributed by atoms with van der Waals surface area (Å²) in [5.41, 5.74) is 0.568. The number of halogens is 1. The van der Waals surface area contributed by atoms with Crippen LogP contribution in [0.1, 0.15) is 45.4 Å². The fraction of sp³-hybridized carbons (Fsp3) is 0.895. The SMILES string of the molecule is CN=C(NCCN1CCN(C(C)=O)CC1)N1CCC2(CCCCC2)C1.I. The highest BCUT2D eigenvalue weighted by molar-refractivity contribution is 14.0. The van der Waals surface area contributed by atoms with E-state index in [1.54, 1.807) is 6.92 Å². The lowest BCUT2D eigenvalue weighted by atomic mass is 9.73. The minimum absolute atomic E-state index is 0. The normalized spacial score (nSPS) is 23.8. The first kappa shape index (κ1) is 21.7. The molecule has 150 valence electrons. The number of nitrogens with one attached hydrogen (secondary N) is 1. The number of likely N-dealkylation sites (tertiary alicyclic amines) is 1. The fourth-order valence-electron chi connectivity index (χ4n) is 4.77. The van der Waals surface area contributed by atoms with E-state index in [0.717, 1.165) is 51.8 Å². The number of nitrogens with zero attached hydrogens (tertiary/aromatic N) is 4. The first-order chi connectivity index (χ1) is 12.1. The molecule has 3 aliphatic rings. The molecule has 2 aliphatic heterocycles. The quantitative estimate of drug-likeness (QED) is 0.384. The molecule has 0 atom stereocenters. The molecule has 0 aromatic carbocycles. The predicted molar refractivity (Wildman–Crippen MR) is 117 cm³/mol. The van der Waals surface area contributed by atoms with Crippen LogP contribution in [0.25, 0.3) is 0 Å². The monoisotopic (exact) mass is 477 g/mol. The summed E-state index contributed by atoms with van der Waals surface area (Å²) >= 11 is 0. The second-order valence-electron chi connectivity index (χ2n) is 8.05. The van der Waals surface area contributed by atoms with Gasteiger partial charge in [-0.25, -0.2) is 0 Å². The van der Waals surface area contributed by atoms with Crippen LogP contribution >= 0.6 is 24.0 Å². The van der Waals surface area contributed by atoms with Gasteiger partial charge in [0.05, 0.1) is 0 Å². The van der Waals surface area contributed by atoms with E-state index in [-0.39, 0.29) is 29.9 Å². The smallest absolute Gasteiger partial charge is 0.219 e. The summed E-state index contributed by atoms with van der Waals surface area (Å²) in [7, 11) is 1.90. The van der Waals surface area contributed by atoms with Crippen molar-refractivity contribution in [2.45, 2.75) is 45.4 Å². The van der Waals surface area contributed by atoms with Gasteiger partial charge in [0.2, 0.25) is 5.91 Å². The molecule has 2 saturated heterocycles. The molecule has 1 aliphatic carbocycles. The van der Waals surface area contributed by atoms with Gasteiger partial charge in [0.25, 0.3) is 0 Å². The standard InChI is InChI=1S/C19H35N5O.HI/c1-17(25)23-14-12-22(13-15-23)11-9-21-18(20-2)24-10-8-19(16-24)6-4-3-5-7-19;/h3-16H2,1-2H3,(H,20,21);1H. The van der Waals surface area contributed by atoms with Crippen LogP contribution in [-0.4, -0.2) is 86.0 Å². The third-order valence-electron chi connectivity index (χ3n) is 6.39. The number of carbonyl (C=O) groups is 1. The molecule has 3 fully saturated rings. The van der Waals surface area contributed by atoms with Crippen LogP contribution in [0, 0.1) is 5.41 Å². The molecule has 6 nitrogen and oxygen atoms in total. The van der Waals surface area contributed by atoms with E-state index in [4.69, 9.17) is 0 Å². The lowest BCUT2D eigenvalue weighted by molar-refractivity contribution is -0.130. The number of piperazine rings is 1. The van der Waals surface area contributed by atoms with Gasteiger partial charge in [0.15, 0.2) is 5.96 Å². The van der Waals surface area contributed by atoms with Crippen molar-refractivity contribution in [1.29, 1.82) is 0 Å². The van der Waals surface area contributed by atoms with Gasteiger partial charge < -0.3 is 15.1 Å². The van der Waals surface area contributed by atoms with Gasteiger partial charge in [-0.3, -0.25) is 14.7 Å². The second-order valence-corrected chi connectivity index (χ2v) is 8.05. The summed E-state index contributed by atoms with van der Waals surface area (Å²) in [6.45, 7) is 9.62. The number of carbonyl (C=O) groups excluding carboxylic acids is 1. The summed E-state index contributed by atoms with van der Waals surface area (Å²) in [6, 6.07) is 0. The van der Waals surface area contributed by atoms with Crippen LogP contribution in [0.4, 0.5) is 0 Å². The molecule has 0 bridgehead atoms. The van der Waals surface area contributed by atoms with Crippen LogP contribution in [0.15, 0.2) is 4.99 Å². The summed E-state index contributed by atoms with van der Waals surface area (Å²) in [6.07, 6.45) is 8.38. The molecule has 1 saturated carbocycles. The van der Waals surface area contributed by atoms with Crippen molar-refractivity contribution in [3.63, 3.8) is 0 Å². The Hall–Kier alpha value is -0.570. The first-order valence-corrected chi connectivity index (χ1v) is 10.1. The van der Waals surface area contributed by atoms with Crippen LogP contribution in [-0.2, 0) is 4.79 Å². The Kier molecular flexibility index (Phi) is 8.44. The Morgan fingerprint density at radius 1 is 1.00 bits per heavy atom. The van der Waals surface area contributed by atoms with E-state index in [2.05, 4.69) is 20.1 Å². The van der Waals surface area contributed by atoms with E-state index < -0.39 is 0 Å². The molecule has 26 heavy (non-hydrogen) atoms. The zero-order valence-corrected chi connectivity index (χ0v) is 18.8. The number of guanidine groups is 1. The molecule has 1 spiro atoms. The zero-order valence-electron chi connectivity index (χ0n) is 16.5. The van der Waals surface area contributed by atoms with Gasteiger partial charge in [0.1, 0.15) is 0 Å². The molecular weight excluding hydrogens is 441 g/mol. The van der Waals surface area contributed by atoms with Gasteiger partial charge in [-0.15, -0.1) is 24.0 Å². The minimum atomic E-state index is 0. The van der Waals surface area contributed by atoms with E-state index in [1.165, 1.54) is 45.1 Å². The van der Waals surface area contributed by atoms with Crippen molar-refractivity contribution in [1.82, 2.24) is 20.0 Å². The fourth-order valence-corrected chi connectivity index (χ4v) is 4.77. The highest BCUT2D eigenvalue weighted by atomic mass is 127. The van der Waals surface area contributed by atoms with Crippen molar-refractivity contribution in [3.05, 3.63) is 0 Å². The van der Waals surface area contributed by atoms with Crippen molar-refractivity contribution in [3.8, 4) is 0 Å².